The van der Waals surface area contributed by atoms with Crippen LogP contribution in [0, 0.1) is 0 Å². The molecule has 0 saturated carbocycles. The largest absolute Gasteiger partial charge is 0.351 e. The second kappa shape index (κ2) is 9.47. The Bertz CT molecular complexity index is 939. The molecular weight excluding hydrogens is 413 g/mol. The summed E-state index contributed by atoms with van der Waals surface area (Å²) >= 11 is 18.2. The Morgan fingerprint density at radius 2 is 1.36 bits per heavy atom. The van der Waals surface area contributed by atoms with Gasteiger partial charge in [0.2, 0.25) is 0 Å². The van der Waals surface area contributed by atoms with Crippen molar-refractivity contribution in [2.45, 2.75) is 18.8 Å². The lowest BCUT2D eigenvalue weighted by atomic mass is 9.82. The van der Waals surface area contributed by atoms with Crippen molar-refractivity contribution in [2.24, 2.45) is 0 Å². The van der Waals surface area contributed by atoms with E-state index in [4.69, 9.17) is 34.8 Å². The highest BCUT2D eigenvalue weighted by Crippen LogP contribution is 2.33. The monoisotopic (exact) mass is 431 g/mol. The van der Waals surface area contributed by atoms with Gasteiger partial charge >= 0.3 is 0 Å². The van der Waals surface area contributed by atoms with Gasteiger partial charge in [-0.15, -0.1) is 0 Å². The van der Waals surface area contributed by atoms with Crippen molar-refractivity contribution in [3.63, 3.8) is 0 Å². The van der Waals surface area contributed by atoms with Gasteiger partial charge in [0.15, 0.2) is 0 Å². The first-order chi connectivity index (χ1) is 13.5. The fraction of sp³-hybridized carbons (Fsp3) is 0.174. The van der Waals surface area contributed by atoms with E-state index < -0.39 is 0 Å². The fourth-order valence-electron chi connectivity index (χ4n) is 3.24. The third-order valence-electron chi connectivity index (χ3n) is 4.90. The summed E-state index contributed by atoms with van der Waals surface area (Å²) in [5, 5.41) is 4.85. The van der Waals surface area contributed by atoms with Crippen LogP contribution in [0.4, 0.5) is 0 Å². The Balaban J connectivity index is 1.84. The van der Waals surface area contributed by atoms with Crippen molar-refractivity contribution >= 4 is 40.7 Å². The zero-order valence-corrected chi connectivity index (χ0v) is 17.6. The number of rotatable bonds is 6. The summed E-state index contributed by atoms with van der Waals surface area (Å²) in [5.74, 6) is 0.0303. The van der Waals surface area contributed by atoms with Gasteiger partial charge in [-0.3, -0.25) is 4.79 Å². The van der Waals surface area contributed by atoms with Crippen LogP contribution in [0.5, 0.6) is 0 Å². The zero-order chi connectivity index (χ0) is 20.1. The number of halogens is 3. The van der Waals surface area contributed by atoms with Crippen LogP contribution in [-0.4, -0.2) is 12.5 Å². The maximum Gasteiger partial charge on any atom is 0.252 e. The summed E-state index contributed by atoms with van der Waals surface area (Å²) in [5.41, 5.74) is 2.72. The number of hydrogen-bond acceptors (Lipinski definition) is 1. The summed E-state index contributed by atoms with van der Waals surface area (Å²) in [6, 6.07) is 22.6. The van der Waals surface area contributed by atoms with Crippen molar-refractivity contribution in [1.82, 2.24) is 5.32 Å². The van der Waals surface area contributed by atoms with Crippen molar-refractivity contribution in [3.05, 3.63) is 105 Å². The molecule has 0 saturated heterocycles. The van der Waals surface area contributed by atoms with E-state index in [-0.39, 0.29) is 17.7 Å². The minimum atomic E-state index is -0.187. The van der Waals surface area contributed by atoms with Gasteiger partial charge < -0.3 is 5.32 Å². The fourth-order valence-corrected chi connectivity index (χ4v) is 3.71. The molecule has 0 bridgehead atoms. The lowest BCUT2D eigenvalue weighted by Crippen LogP contribution is -2.30. The maximum atomic E-state index is 12.6. The summed E-state index contributed by atoms with van der Waals surface area (Å²) in [4.78, 5) is 12.6. The van der Waals surface area contributed by atoms with Crippen molar-refractivity contribution in [1.29, 1.82) is 0 Å². The zero-order valence-electron chi connectivity index (χ0n) is 15.3. The molecule has 3 rings (SSSR count). The lowest BCUT2D eigenvalue weighted by molar-refractivity contribution is 0.0950. The van der Waals surface area contributed by atoms with Gasteiger partial charge in [-0.25, -0.2) is 0 Å². The summed E-state index contributed by atoms with van der Waals surface area (Å²) in [7, 11) is 0. The van der Waals surface area contributed by atoms with Gasteiger partial charge in [0.25, 0.3) is 5.91 Å². The molecule has 0 heterocycles. The van der Waals surface area contributed by atoms with Crippen LogP contribution in [0.1, 0.15) is 40.2 Å². The molecule has 2 unspecified atom stereocenters. The molecule has 0 aliphatic carbocycles. The highest BCUT2D eigenvalue weighted by molar-refractivity contribution is 6.33. The average Bonchev–Trinajstić information content (AvgIpc) is 2.70. The Hall–Kier alpha value is -2.00. The first-order valence-electron chi connectivity index (χ1n) is 8.99. The smallest absolute Gasteiger partial charge is 0.252 e. The normalized spacial score (nSPS) is 13.0. The van der Waals surface area contributed by atoms with Crippen LogP contribution in [0.3, 0.4) is 0 Å². The average molecular weight is 433 g/mol. The van der Waals surface area contributed by atoms with Crippen LogP contribution < -0.4 is 5.32 Å². The third-order valence-corrected chi connectivity index (χ3v) is 5.73. The predicted molar refractivity (Wildman–Crippen MR) is 118 cm³/mol. The number of benzene rings is 3. The molecular formula is C23H20Cl3NO. The van der Waals surface area contributed by atoms with E-state index in [1.54, 1.807) is 24.3 Å². The molecule has 0 aromatic heterocycles. The number of nitrogens with one attached hydrogen (secondary N) is 1. The van der Waals surface area contributed by atoms with Crippen LogP contribution in [0.25, 0.3) is 0 Å². The lowest BCUT2D eigenvalue weighted by Gasteiger charge is -2.26. The molecule has 3 aromatic carbocycles. The second-order valence-electron chi connectivity index (χ2n) is 6.69. The van der Waals surface area contributed by atoms with Crippen LogP contribution in [-0.2, 0) is 0 Å². The van der Waals surface area contributed by atoms with Crippen molar-refractivity contribution in [3.8, 4) is 0 Å². The second-order valence-corrected chi connectivity index (χ2v) is 7.97. The van der Waals surface area contributed by atoms with E-state index in [2.05, 4.69) is 12.2 Å². The summed E-state index contributed by atoms with van der Waals surface area (Å²) < 4.78 is 0. The highest BCUT2D eigenvalue weighted by Gasteiger charge is 2.22. The van der Waals surface area contributed by atoms with E-state index in [0.29, 0.717) is 27.2 Å². The molecule has 144 valence electrons. The van der Waals surface area contributed by atoms with Gasteiger partial charge in [-0.2, -0.15) is 0 Å². The molecule has 3 aromatic rings. The predicted octanol–water partition coefficient (Wildman–Crippen LogP) is 6.96. The highest BCUT2D eigenvalue weighted by atomic mass is 35.5. The van der Waals surface area contributed by atoms with Gasteiger partial charge in [0.1, 0.15) is 0 Å². The maximum absolute atomic E-state index is 12.6. The minimum absolute atomic E-state index is 0.0601. The van der Waals surface area contributed by atoms with E-state index in [1.165, 1.54) is 0 Å². The molecule has 1 amide bonds. The van der Waals surface area contributed by atoms with Gasteiger partial charge in [-0.1, -0.05) is 78.1 Å². The first kappa shape index (κ1) is 20.7. The van der Waals surface area contributed by atoms with Crippen LogP contribution >= 0.6 is 34.8 Å². The van der Waals surface area contributed by atoms with Crippen molar-refractivity contribution < 1.29 is 4.79 Å². The van der Waals surface area contributed by atoms with Crippen molar-refractivity contribution in [2.75, 3.05) is 6.54 Å². The SMILES string of the molecule is CC(c1ccc(Cl)cc1)C(CNC(=O)c1ccccc1Cl)c1ccc(Cl)cc1. The molecule has 0 fully saturated rings. The van der Waals surface area contributed by atoms with E-state index in [1.807, 2.05) is 48.5 Å². The Morgan fingerprint density at radius 1 is 0.821 bits per heavy atom. The number of carbonyl (C=O) groups excluding carboxylic acids is 1. The van der Waals surface area contributed by atoms with E-state index in [0.717, 1.165) is 11.1 Å². The Labute approximate surface area is 180 Å². The number of carbonyl (C=O) groups is 1. The summed E-state index contributed by atoms with van der Waals surface area (Å²) in [6.45, 7) is 2.61. The topological polar surface area (TPSA) is 29.1 Å². The number of hydrogen-bond donors (Lipinski definition) is 1. The Kier molecular flexibility index (Phi) is 7.01. The molecule has 2 nitrogen and oxygen atoms in total. The molecule has 28 heavy (non-hydrogen) atoms. The standard InChI is InChI=1S/C23H20Cl3NO/c1-15(16-6-10-18(24)11-7-16)21(17-8-12-19(25)13-9-17)14-27-23(28)20-4-2-3-5-22(20)26/h2-13,15,21H,14H2,1H3,(H,27,28). The third kappa shape index (κ3) is 5.08. The molecule has 0 spiro atoms. The molecule has 0 aliphatic rings. The molecule has 2 atom stereocenters. The molecule has 0 aliphatic heterocycles. The van der Waals surface area contributed by atoms with Gasteiger partial charge in [0, 0.05) is 22.5 Å². The number of amides is 1. The first-order valence-corrected chi connectivity index (χ1v) is 10.1. The van der Waals surface area contributed by atoms with E-state index in [9.17, 15) is 4.79 Å². The van der Waals surface area contributed by atoms with E-state index >= 15 is 0 Å². The van der Waals surface area contributed by atoms with Crippen LogP contribution in [0.15, 0.2) is 72.8 Å². The molecule has 1 N–H and O–H groups in total. The summed E-state index contributed by atoms with van der Waals surface area (Å²) in [6.07, 6.45) is 0. The van der Waals surface area contributed by atoms with Gasteiger partial charge in [-0.05, 0) is 53.4 Å². The minimum Gasteiger partial charge on any atom is -0.351 e. The quantitative estimate of drug-likeness (QED) is 0.448. The van der Waals surface area contributed by atoms with Gasteiger partial charge in [0.05, 0.1) is 10.6 Å². The Morgan fingerprint density at radius 3 is 1.93 bits per heavy atom. The van der Waals surface area contributed by atoms with Crippen LogP contribution in [0.2, 0.25) is 15.1 Å². The molecule has 5 heteroatoms. The molecule has 0 radical (unpaired) electrons.